The molecule has 0 bridgehead atoms. The first-order chi connectivity index (χ1) is 19.7. The van der Waals surface area contributed by atoms with E-state index in [0.717, 1.165) is 36.6 Å². The zero-order valence-electron chi connectivity index (χ0n) is 23.5. The number of ether oxygens (including phenoxy) is 1. The molecule has 0 aliphatic rings. The number of rotatable bonds is 15. The fourth-order valence-corrected chi connectivity index (χ4v) is 4.96. The fraction of sp³-hybridized carbons (Fsp3) is 0.355. The van der Waals surface area contributed by atoms with Crippen molar-refractivity contribution in [2.45, 2.75) is 57.3 Å². The first-order valence-electron chi connectivity index (χ1n) is 13.8. The molecule has 0 radical (unpaired) electrons. The van der Waals surface area contributed by atoms with Gasteiger partial charge in [-0.2, -0.15) is 0 Å². The van der Waals surface area contributed by atoms with Gasteiger partial charge < -0.3 is 10.1 Å². The molecule has 2 N–H and O–H groups in total. The summed E-state index contributed by atoms with van der Waals surface area (Å²) in [4.78, 5) is 40.8. The molecule has 218 valence electrons. The Balaban J connectivity index is 1.45. The Bertz CT molecular complexity index is 1390. The van der Waals surface area contributed by atoms with Crippen LogP contribution in [0.4, 0.5) is 0 Å². The van der Waals surface area contributed by atoms with Gasteiger partial charge in [-0.25, -0.2) is 22.9 Å². The number of sulfonamides is 1. The van der Waals surface area contributed by atoms with Crippen LogP contribution in [0.3, 0.4) is 0 Å². The van der Waals surface area contributed by atoms with Crippen LogP contribution in [-0.4, -0.2) is 44.3 Å². The van der Waals surface area contributed by atoms with Gasteiger partial charge in [-0.3, -0.25) is 9.59 Å². The molecule has 9 nitrogen and oxygen atoms in total. The van der Waals surface area contributed by atoms with Crippen molar-refractivity contribution in [1.82, 2.24) is 15.0 Å². The lowest BCUT2D eigenvalue weighted by Gasteiger charge is -2.11. The van der Waals surface area contributed by atoms with Gasteiger partial charge in [0.15, 0.2) is 0 Å². The molecular formula is C31H37N3O6S. The number of benzene rings is 2. The number of amides is 2. The molecule has 3 aromatic rings. The fourth-order valence-electron chi connectivity index (χ4n) is 3.99. The highest BCUT2D eigenvalue weighted by atomic mass is 32.2. The summed E-state index contributed by atoms with van der Waals surface area (Å²) in [5, 5.41) is 2.87. The number of esters is 1. The van der Waals surface area contributed by atoms with Crippen LogP contribution in [-0.2, 0) is 32.4 Å². The number of carbonyl (C=O) groups excluding carboxylic acids is 3. The van der Waals surface area contributed by atoms with E-state index in [-0.39, 0.29) is 34.6 Å². The predicted octanol–water partition coefficient (Wildman–Crippen LogP) is 4.47. The van der Waals surface area contributed by atoms with E-state index in [1.54, 1.807) is 12.1 Å². The van der Waals surface area contributed by atoms with Gasteiger partial charge in [0.05, 0.1) is 17.1 Å². The maximum Gasteiger partial charge on any atom is 0.356 e. The van der Waals surface area contributed by atoms with Gasteiger partial charge in [0.2, 0.25) is 5.91 Å². The third-order valence-electron chi connectivity index (χ3n) is 6.46. The second-order valence-corrected chi connectivity index (χ2v) is 11.6. The van der Waals surface area contributed by atoms with Crippen LogP contribution < -0.4 is 10.0 Å². The number of aryl methyl sites for hydroxylation is 1. The highest BCUT2D eigenvalue weighted by molar-refractivity contribution is 7.90. The molecule has 0 aliphatic carbocycles. The normalized spacial score (nSPS) is 11.9. The number of nitrogens with zero attached hydrogens (tertiary/aromatic N) is 1. The van der Waals surface area contributed by atoms with Gasteiger partial charge in [-0.1, -0.05) is 69.2 Å². The van der Waals surface area contributed by atoms with Gasteiger partial charge >= 0.3 is 5.97 Å². The highest BCUT2D eigenvalue weighted by Gasteiger charge is 2.20. The lowest BCUT2D eigenvalue weighted by molar-refractivity contribution is -0.121. The van der Waals surface area contributed by atoms with E-state index in [9.17, 15) is 22.8 Å². The topological polar surface area (TPSA) is 132 Å². The number of nitrogens with one attached hydrogen (secondary N) is 2. The van der Waals surface area contributed by atoms with E-state index in [1.165, 1.54) is 24.3 Å². The number of unbranched alkanes of at least 4 members (excludes halogenated alkanes) is 1. The van der Waals surface area contributed by atoms with Crippen LogP contribution in [0.25, 0.3) is 0 Å². The maximum atomic E-state index is 12.7. The van der Waals surface area contributed by atoms with Crippen molar-refractivity contribution in [3.8, 4) is 0 Å². The number of aromatic nitrogens is 1. The maximum absolute atomic E-state index is 12.7. The summed E-state index contributed by atoms with van der Waals surface area (Å²) in [5.41, 5.74) is 1.96. The first kappa shape index (κ1) is 31.5. The molecule has 0 saturated heterocycles. The molecule has 1 unspecified atom stereocenters. The van der Waals surface area contributed by atoms with Gasteiger partial charge in [0.25, 0.3) is 15.9 Å². The van der Waals surface area contributed by atoms with Crippen LogP contribution >= 0.6 is 0 Å². The van der Waals surface area contributed by atoms with Crippen molar-refractivity contribution < 1.29 is 27.5 Å². The van der Waals surface area contributed by atoms with Gasteiger partial charge in [0, 0.05) is 19.2 Å². The summed E-state index contributed by atoms with van der Waals surface area (Å²) < 4.78 is 32.8. The van der Waals surface area contributed by atoms with Crippen LogP contribution in [0, 0.1) is 5.92 Å². The Hall–Kier alpha value is -4.05. The highest BCUT2D eigenvalue weighted by Crippen LogP contribution is 2.13. The summed E-state index contributed by atoms with van der Waals surface area (Å²) in [5.74, 6) is -1.28. The molecule has 2 amide bonds. The van der Waals surface area contributed by atoms with Crippen LogP contribution in [0.2, 0.25) is 0 Å². The summed E-state index contributed by atoms with van der Waals surface area (Å²) in [6, 6.07) is 18.5. The molecular weight excluding hydrogens is 542 g/mol. The van der Waals surface area contributed by atoms with Gasteiger partial charge in [-0.05, 0) is 60.6 Å². The Morgan fingerprint density at radius 2 is 1.63 bits per heavy atom. The average molecular weight is 580 g/mol. The minimum absolute atomic E-state index is 0.0129. The SMILES string of the molecule is CCCCC(C)COC(=O)c1ccc(C(=O)NS(=O)(=O)c2ccc(CCNC(=O)CCc3ccccc3)cc2)cn1. The number of hydrogen-bond acceptors (Lipinski definition) is 7. The van der Waals surface area contributed by atoms with Crippen molar-refractivity contribution in [2.75, 3.05) is 13.2 Å². The Kier molecular flexibility index (Phi) is 12.0. The first-order valence-corrected chi connectivity index (χ1v) is 15.3. The monoisotopic (exact) mass is 579 g/mol. The quantitative estimate of drug-likeness (QED) is 0.254. The molecule has 1 aromatic heterocycles. The predicted molar refractivity (Wildman–Crippen MR) is 156 cm³/mol. The van der Waals surface area contributed by atoms with Crippen molar-refractivity contribution >= 4 is 27.8 Å². The molecule has 0 spiro atoms. The van der Waals surface area contributed by atoms with E-state index in [1.807, 2.05) is 42.0 Å². The Labute approximate surface area is 241 Å². The molecule has 0 fully saturated rings. The third kappa shape index (κ3) is 10.5. The lowest BCUT2D eigenvalue weighted by Crippen LogP contribution is -2.30. The standard InChI is InChI=1S/C31H37N3O6S/c1-3-4-8-23(2)22-40-31(37)28-17-14-26(21-33-28)30(36)34-41(38,39)27-15-11-25(12-16-27)19-20-32-29(35)18-13-24-9-6-5-7-10-24/h5-7,9-12,14-17,21,23H,3-4,8,13,18-20,22H2,1-2H3,(H,32,35)(H,34,36). The van der Waals surface area contributed by atoms with Gasteiger partial charge in [0.1, 0.15) is 5.69 Å². The smallest absolute Gasteiger partial charge is 0.356 e. The molecule has 0 aliphatic heterocycles. The lowest BCUT2D eigenvalue weighted by atomic mass is 10.1. The Morgan fingerprint density at radius 1 is 0.927 bits per heavy atom. The third-order valence-corrected chi connectivity index (χ3v) is 7.81. The summed E-state index contributed by atoms with van der Waals surface area (Å²) in [7, 11) is -4.13. The molecule has 1 atom stereocenters. The molecule has 41 heavy (non-hydrogen) atoms. The number of pyridine rings is 1. The summed E-state index contributed by atoms with van der Waals surface area (Å²) in [6.07, 6.45) is 5.81. The van der Waals surface area contributed by atoms with Crippen molar-refractivity contribution in [2.24, 2.45) is 5.92 Å². The van der Waals surface area contributed by atoms with E-state index in [4.69, 9.17) is 4.74 Å². The van der Waals surface area contributed by atoms with Crippen molar-refractivity contribution in [3.63, 3.8) is 0 Å². The molecule has 10 heteroatoms. The van der Waals surface area contributed by atoms with Crippen molar-refractivity contribution in [3.05, 3.63) is 95.3 Å². The second kappa shape index (κ2) is 15.7. The van der Waals surface area contributed by atoms with E-state index in [0.29, 0.717) is 25.8 Å². The Morgan fingerprint density at radius 3 is 2.29 bits per heavy atom. The second-order valence-electron chi connectivity index (χ2n) is 9.94. The minimum atomic E-state index is -4.13. The van der Waals surface area contributed by atoms with E-state index >= 15 is 0 Å². The molecule has 1 heterocycles. The molecule has 3 rings (SSSR count). The van der Waals surface area contributed by atoms with Crippen LogP contribution in [0.15, 0.2) is 77.8 Å². The van der Waals surface area contributed by atoms with Crippen LogP contribution in [0.5, 0.6) is 0 Å². The number of carbonyl (C=O) groups is 3. The van der Waals surface area contributed by atoms with E-state index in [2.05, 4.69) is 17.2 Å². The number of hydrogen-bond donors (Lipinski definition) is 2. The largest absolute Gasteiger partial charge is 0.461 e. The van der Waals surface area contributed by atoms with Gasteiger partial charge in [-0.15, -0.1) is 0 Å². The molecule has 2 aromatic carbocycles. The average Bonchev–Trinajstić information content (AvgIpc) is 2.98. The summed E-state index contributed by atoms with van der Waals surface area (Å²) >= 11 is 0. The van der Waals surface area contributed by atoms with E-state index < -0.39 is 21.9 Å². The minimum Gasteiger partial charge on any atom is -0.461 e. The van der Waals surface area contributed by atoms with Crippen LogP contribution in [0.1, 0.15) is 71.5 Å². The zero-order chi connectivity index (χ0) is 29.7. The molecule has 0 saturated carbocycles. The summed E-state index contributed by atoms with van der Waals surface area (Å²) in [6.45, 7) is 4.81. The van der Waals surface area contributed by atoms with Crippen molar-refractivity contribution in [1.29, 1.82) is 0 Å². The zero-order valence-corrected chi connectivity index (χ0v) is 24.3.